The van der Waals surface area contributed by atoms with Crippen molar-refractivity contribution in [3.63, 3.8) is 0 Å². The van der Waals surface area contributed by atoms with Crippen LogP contribution < -0.4 is 5.32 Å². The fourth-order valence-corrected chi connectivity index (χ4v) is 2.54. The van der Waals surface area contributed by atoms with Crippen molar-refractivity contribution in [2.45, 2.75) is 20.0 Å². The van der Waals surface area contributed by atoms with Gasteiger partial charge in [0, 0.05) is 23.7 Å². The zero-order valence-electron chi connectivity index (χ0n) is 14.8. The Morgan fingerprint density at radius 3 is 2.50 bits per heavy atom. The fraction of sp³-hybridized carbons (Fsp3) is 0.316. The number of nitrogens with one attached hydrogen (secondary N) is 1. The van der Waals surface area contributed by atoms with Crippen molar-refractivity contribution in [1.29, 1.82) is 0 Å². The highest BCUT2D eigenvalue weighted by atomic mass is 16.6. The lowest BCUT2D eigenvalue weighted by Gasteiger charge is -2.19. The summed E-state index contributed by atoms with van der Waals surface area (Å²) in [6.07, 6.45) is -0.397. The van der Waals surface area contributed by atoms with Gasteiger partial charge in [0.15, 0.2) is 0 Å². The van der Waals surface area contributed by atoms with Crippen LogP contribution in [0.2, 0.25) is 0 Å². The molecular formula is C19H22N2O5. The second-order valence-electron chi connectivity index (χ2n) is 5.96. The Balaban J connectivity index is 2.07. The third kappa shape index (κ3) is 5.11. The number of nitro benzene ring substituents is 1. The van der Waals surface area contributed by atoms with Gasteiger partial charge >= 0.3 is 0 Å². The number of rotatable bonds is 8. The molecular weight excluding hydrogens is 336 g/mol. The molecule has 26 heavy (non-hydrogen) atoms. The number of hydrogen-bond donors (Lipinski definition) is 2. The van der Waals surface area contributed by atoms with Crippen LogP contribution >= 0.6 is 0 Å². The van der Waals surface area contributed by atoms with Gasteiger partial charge in [-0.3, -0.25) is 14.9 Å². The predicted molar refractivity (Wildman–Crippen MR) is 97.1 cm³/mol. The Bertz CT molecular complexity index is 774. The first kappa shape index (κ1) is 19.6. The topological polar surface area (TPSA) is 102 Å². The molecule has 0 saturated carbocycles. The van der Waals surface area contributed by atoms with Crippen LogP contribution in [0, 0.1) is 24.0 Å². The molecule has 138 valence electrons. The molecule has 2 aromatic rings. The number of benzene rings is 2. The number of ether oxygens (including phenoxy) is 1. The monoisotopic (exact) mass is 358 g/mol. The first-order chi connectivity index (χ1) is 12.4. The minimum atomic E-state index is -0.479. The third-order valence-electron chi connectivity index (χ3n) is 3.96. The molecule has 2 aromatic carbocycles. The van der Waals surface area contributed by atoms with E-state index in [1.54, 1.807) is 6.92 Å². The molecule has 0 fully saturated rings. The summed E-state index contributed by atoms with van der Waals surface area (Å²) in [5.41, 5.74) is 2.75. The highest BCUT2D eigenvalue weighted by Crippen LogP contribution is 2.20. The summed E-state index contributed by atoms with van der Waals surface area (Å²) in [6, 6.07) is 12.0. The zero-order chi connectivity index (χ0) is 19.1. The molecule has 2 rings (SSSR count). The van der Waals surface area contributed by atoms with Crippen LogP contribution in [-0.2, 0) is 4.74 Å². The number of amides is 1. The number of aryl methyl sites for hydroxylation is 2. The van der Waals surface area contributed by atoms with Gasteiger partial charge in [0.1, 0.15) is 0 Å². The predicted octanol–water partition coefficient (Wildman–Crippen LogP) is 2.69. The van der Waals surface area contributed by atoms with Gasteiger partial charge in [0.2, 0.25) is 0 Å². The quantitative estimate of drug-likeness (QED) is 0.558. The van der Waals surface area contributed by atoms with Crippen LogP contribution in [0.15, 0.2) is 42.5 Å². The summed E-state index contributed by atoms with van der Waals surface area (Å²) < 4.78 is 5.62. The third-order valence-corrected chi connectivity index (χ3v) is 3.96. The Morgan fingerprint density at radius 2 is 1.92 bits per heavy atom. The van der Waals surface area contributed by atoms with Crippen molar-refractivity contribution >= 4 is 11.6 Å². The van der Waals surface area contributed by atoms with Crippen molar-refractivity contribution in [2.75, 3.05) is 19.8 Å². The van der Waals surface area contributed by atoms with Gasteiger partial charge in [-0.15, -0.1) is 0 Å². The Morgan fingerprint density at radius 1 is 1.23 bits per heavy atom. The smallest absolute Gasteiger partial charge is 0.272 e. The van der Waals surface area contributed by atoms with E-state index in [-0.39, 0.29) is 31.4 Å². The number of carbonyl (C=O) groups is 1. The highest BCUT2D eigenvalue weighted by molar-refractivity contribution is 5.94. The van der Waals surface area contributed by atoms with Crippen LogP contribution in [0.3, 0.4) is 0 Å². The molecule has 0 aliphatic carbocycles. The van der Waals surface area contributed by atoms with Crippen molar-refractivity contribution in [3.8, 4) is 0 Å². The van der Waals surface area contributed by atoms with E-state index >= 15 is 0 Å². The molecule has 7 nitrogen and oxygen atoms in total. The van der Waals surface area contributed by atoms with Crippen molar-refractivity contribution in [2.24, 2.45) is 0 Å². The summed E-state index contributed by atoms with van der Waals surface area (Å²) in [5, 5.41) is 22.6. The van der Waals surface area contributed by atoms with Gasteiger partial charge in [-0.05, 0) is 31.5 Å². The summed E-state index contributed by atoms with van der Waals surface area (Å²) in [5.74, 6) is -0.340. The van der Waals surface area contributed by atoms with Gasteiger partial charge in [-0.1, -0.05) is 29.8 Å². The molecule has 0 bridgehead atoms. The summed E-state index contributed by atoms with van der Waals surface area (Å²) in [7, 11) is 0. The van der Waals surface area contributed by atoms with Crippen LogP contribution in [0.25, 0.3) is 0 Å². The Labute approximate surface area is 151 Å². The molecule has 0 saturated heterocycles. The van der Waals surface area contributed by atoms with E-state index in [4.69, 9.17) is 9.84 Å². The molecule has 0 aliphatic heterocycles. The summed E-state index contributed by atoms with van der Waals surface area (Å²) in [4.78, 5) is 22.7. The molecule has 0 spiro atoms. The van der Waals surface area contributed by atoms with Gasteiger partial charge in [-0.25, -0.2) is 0 Å². The van der Waals surface area contributed by atoms with Crippen LogP contribution in [0.5, 0.6) is 0 Å². The van der Waals surface area contributed by atoms with E-state index in [9.17, 15) is 14.9 Å². The molecule has 1 unspecified atom stereocenters. The van der Waals surface area contributed by atoms with E-state index in [1.165, 1.54) is 18.2 Å². The number of hydrogen-bond acceptors (Lipinski definition) is 5. The number of aliphatic hydroxyl groups excluding tert-OH is 1. The standard InChI is InChI=1S/C19H22N2O5/c1-13-3-5-15(6-4-13)18(26-10-9-22)12-20-19(23)16-7-8-17(21(24)25)14(2)11-16/h3-8,11,18,22H,9-10,12H2,1-2H3,(H,20,23). The largest absolute Gasteiger partial charge is 0.394 e. The van der Waals surface area contributed by atoms with E-state index in [2.05, 4.69) is 5.32 Å². The molecule has 7 heteroatoms. The molecule has 0 radical (unpaired) electrons. The first-order valence-electron chi connectivity index (χ1n) is 8.24. The molecule has 1 amide bonds. The molecule has 2 N–H and O–H groups in total. The number of aliphatic hydroxyl groups is 1. The van der Waals surface area contributed by atoms with Crippen molar-refractivity contribution < 1.29 is 19.6 Å². The van der Waals surface area contributed by atoms with Crippen molar-refractivity contribution in [3.05, 3.63) is 74.8 Å². The molecule has 0 heterocycles. The van der Waals surface area contributed by atoms with E-state index in [1.807, 2.05) is 31.2 Å². The Kier molecular flexibility index (Phi) is 6.82. The van der Waals surface area contributed by atoms with Gasteiger partial charge in [0.05, 0.1) is 24.2 Å². The van der Waals surface area contributed by atoms with Crippen LogP contribution in [0.4, 0.5) is 5.69 Å². The SMILES string of the molecule is Cc1ccc(C(CNC(=O)c2ccc([N+](=O)[O-])c(C)c2)OCCO)cc1. The van der Waals surface area contributed by atoms with Crippen LogP contribution in [-0.4, -0.2) is 35.7 Å². The maximum Gasteiger partial charge on any atom is 0.272 e. The second kappa shape index (κ2) is 9.07. The minimum Gasteiger partial charge on any atom is -0.394 e. The molecule has 0 aliphatic rings. The lowest BCUT2D eigenvalue weighted by molar-refractivity contribution is -0.385. The van der Waals surface area contributed by atoms with Gasteiger partial charge < -0.3 is 15.2 Å². The zero-order valence-corrected chi connectivity index (χ0v) is 14.8. The van der Waals surface area contributed by atoms with E-state index in [0.29, 0.717) is 11.1 Å². The maximum atomic E-state index is 12.4. The average molecular weight is 358 g/mol. The van der Waals surface area contributed by atoms with Gasteiger partial charge in [0.25, 0.3) is 11.6 Å². The van der Waals surface area contributed by atoms with Crippen molar-refractivity contribution in [1.82, 2.24) is 5.32 Å². The lowest BCUT2D eigenvalue weighted by atomic mass is 10.1. The van der Waals surface area contributed by atoms with E-state index < -0.39 is 11.0 Å². The average Bonchev–Trinajstić information content (AvgIpc) is 2.62. The molecule has 0 aromatic heterocycles. The van der Waals surface area contributed by atoms with E-state index in [0.717, 1.165) is 11.1 Å². The number of carbonyl (C=O) groups excluding carboxylic acids is 1. The maximum absolute atomic E-state index is 12.4. The molecule has 1 atom stereocenters. The normalized spacial score (nSPS) is 11.8. The number of nitro groups is 1. The Hall–Kier alpha value is -2.77. The van der Waals surface area contributed by atoms with Crippen LogP contribution in [0.1, 0.15) is 33.2 Å². The fourth-order valence-electron chi connectivity index (χ4n) is 2.54. The minimum absolute atomic E-state index is 0.0228. The lowest BCUT2D eigenvalue weighted by Crippen LogP contribution is -2.30. The van der Waals surface area contributed by atoms with Gasteiger partial charge in [-0.2, -0.15) is 0 Å². The first-order valence-corrected chi connectivity index (χ1v) is 8.24. The highest BCUT2D eigenvalue weighted by Gasteiger charge is 2.17. The summed E-state index contributed by atoms with van der Waals surface area (Å²) in [6.45, 7) is 3.83. The summed E-state index contributed by atoms with van der Waals surface area (Å²) >= 11 is 0. The second-order valence-corrected chi connectivity index (χ2v) is 5.96. The number of nitrogens with zero attached hydrogens (tertiary/aromatic N) is 1.